The van der Waals surface area contributed by atoms with E-state index in [4.69, 9.17) is 4.74 Å². The molecule has 0 aromatic heterocycles. The summed E-state index contributed by atoms with van der Waals surface area (Å²) in [6, 6.07) is 8.28. The van der Waals surface area contributed by atoms with Crippen LogP contribution >= 0.6 is 0 Å². The van der Waals surface area contributed by atoms with Crippen LogP contribution in [0.1, 0.15) is 39.3 Å². The maximum atomic E-state index is 12.1. The summed E-state index contributed by atoms with van der Waals surface area (Å²) in [7, 11) is 0. The van der Waals surface area contributed by atoms with E-state index in [0.29, 0.717) is 5.56 Å². The summed E-state index contributed by atoms with van der Waals surface area (Å²) in [5.74, 6) is -0.724. The number of amides is 1. The average molecular weight is 249 g/mol. The van der Waals surface area contributed by atoms with E-state index < -0.39 is 17.6 Å². The number of ether oxygens (including phenoxy) is 1. The van der Waals surface area contributed by atoms with Crippen molar-refractivity contribution in [3.63, 3.8) is 0 Å². The predicted molar refractivity (Wildman–Crippen MR) is 68.8 cm³/mol. The molecule has 1 aromatic rings. The molecular weight excluding hydrogens is 230 g/mol. The van der Waals surface area contributed by atoms with Crippen LogP contribution in [0.4, 0.5) is 0 Å². The molecule has 0 aliphatic rings. The lowest BCUT2D eigenvalue weighted by Gasteiger charge is -2.24. The van der Waals surface area contributed by atoms with Crippen LogP contribution in [-0.4, -0.2) is 17.5 Å². The van der Waals surface area contributed by atoms with E-state index in [2.05, 4.69) is 5.32 Å². The molecule has 1 N–H and O–H groups in total. The molecule has 0 saturated carbocycles. The van der Waals surface area contributed by atoms with Crippen molar-refractivity contribution in [2.75, 3.05) is 0 Å². The van der Waals surface area contributed by atoms with Gasteiger partial charge in [-0.3, -0.25) is 4.79 Å². The maximum Gasteiger partial charge on any atom is 0.333 e. The molecule has 0 fully saturated rings. The summed E-state index contributed by atoms with van der Waals surface area (Å²) < 4.78 is 5.30. The minimum Gasteiger partial charge on any atom is -0.458 e. The summed E-state index contributed by atoms with van der Waals surface area (Å²) in [4.78, 5) is 23.2. The van der Waals surface area contributed by atoms with Gasteiger partial charge < -0.3 is 10.1 Å². The highest BCUT2D eigenvalue weighted by Gasteiger charge is 2.27. The minimum absolute atomic E-state index is 0.269. The van der Waals surface area contributed by atoms with Gasteiger partial charge in [0.1, 0.15) is 5.60 Å². The van der Waals surface area contributed by atoms with Gasteiger partial charge in [-0.15, -0.1) is 0 Å². The number of carbonyl (C=O) groups is 2. The third kappa shape index (κ3) is 4.57. The molecule has 0 radical (unpaired) electrons. The third-order valence-corrected chi connectivity index (χ3v) is 2.12. The Bertz CT molecular complexity index is 420. The Hall–Kier alpha value is -1.84. The van der Waals surface area contributed by atoms with Crippen molar-refractivity contribution >= 4 is 11.9 Å². The van der Waals surface area contributed by atoms with Crippen LogP contribution in [0.5, 0.6) is 0 Å². The van der Waals surface area contributed by atoms with E-state index in [-0.39, 0.29) is 5.91 Å². The minimum atomic E-state index is -0.761. The summed E-state index contributed by atoms with van der Waals surface area (Å²) in [5, 5.41) is 2.61. The zero-order chi connectivity index (χ0) is 13.8. The van der Waals surface area contributed by atoms with Crippen molar-refractivity contribution in [1.29, 1.82) is 0 Å². The summed E-state index contributed by atoms with van der Waals surface area (Å²) >= 11 is 0. The van der Waals surface area contributed by atoms with Crippen LogP contribution in [0, 0.1) is 0 Å². The van der Waals surface area contributed by atoms with Gasteiger partial charge in [0.25, 0.3) is 0 Å². The zero-order valence-electron chi connectivity index (χ0n) is 11.2. The molecule has 0 spiro atoms. The van der Waals surface area contributed by atoms with Gasteiger partial charge >= 0.3 is 5.97 Å². The predicted octanol–water partition coefficient (Wildman–Crippen LogP) is 2.21. The zero-order valence-corrected chi connectivity index (χ0v) is 11.2. The number of rotatable bonds is 3. The second kappa shape index (κ2) is 5.67. The van der Waals surface area contributed by atoms with Gasteiger partial charge in [-0.05, 0) is 26.3 Å². The van der Waals surface area contributed by atoms with Crippen LogP contribution < -0.4 is 5.32 Å². The van der Waals surface area contributed by atoms with Gasteiger partial charge in [-0.25, -0.2) is 4.79 Å². The molecule has 1 amide bonds. The molecule has 4 heteroatoms. The lowest BCUT2D eigenvalue weighted by Crippen LogP contribution is -2.37. The topological polar surface area (TPSA) is 55.4 Å². The Morgan fingerprint density at radius 1 is 1.17 bits per heavy atom. The first-order valence-corrected chi connectivity index (χ1v) is 5.84. The van der Waals surface area contributed by atoms with Crippen LogP contribution in [0.25, 0.3) is 0 Å². The molecule has 0 unspecified atom stereocenters. The largest absolute Gasteiger partial charge is 0.458 e. The van der Waals surface area contributed by atoms with E-state index >= 15 is 0 Å². The third-order valence-electron chi connectivity index (χ3n) is 2.12. The molecular formula is C14H19NO3. The van der Waals surface area contributed by atoms with Gasteiger partial charge in [0, 0.05) is 6.92 Å². The molecule has 0 aliphatic heterocycles. The average Bonchev–Trinajstić information content (AvgIpc) is 2.24. The number of hydrogen-bond donors (Lipinski definition) is 1. The van der Waals surface area contributed by atoms with E-state index in [1.54, 1.807) is 32.9 Å². The van der Waals surface area contributed by atoms with Crippen molar-refractivity contribution in [3.8, 4) is 0 Å². The van der Waals surface area contributed by atoms with Crippen molar-refractivity contribution in [3.05, 3.63) is 35.9 Å². The number of benzene rings is 1. The molecule has 18 heavy (non-hydrogen) atoms. The lowest BCUT2D eigenvalue weighted by molar-refractivity contribution is -0.158. The standard InChI is InChI=1S/C14H19NO3/c1-10(16)15-12(11-8-6-5-7-9-11)13(17)18-14(2,3)4/h5-9,12H,1-4H3,(H,15,16)/t12-/m1/s1. The van der Waals surface area contributed by atoms with Crippen LogP contribution in [0.3, 0.4) is 0 Å². The van der Waals surface area contributed by atoms with Crippen LogP contribution in [0.15, 0.2) is 30.3 Å². The van der Waals surface area contributed by atoms with E-state index in [1.807, 2.05) is 18.2 Å². The second-order valence-corrected chi connectivity index (χ2v) is 5.08. The van der Waals surface area contributed by atoms with Crippen LogP contribution in [-0.2, 0) is 14.3 Å². The molecule has 1 rings (SSSR count). The highest BCUT2D eigenvalue weighted by molar-refractivity contribution is 5.84. The first-order valence-electron chi connectivity index (χ1n) is 5.84. The molecule has 98 valence electrons. The first kappa shape index (κ1) is 14.2. The first-order chi connectivity index (χ1) is 8.29. The second-order valence-electron chi connectivity index (χ2n) is 5.08. The SMILES string of the molecule is CC(=O)N[C@@H](C(=O)OC(C)(C)C)c1ccccc1. The van der Waals surface area contributed by atoms with Gasteiger partial charge in [0.15, 0.2) is 6.04 Å². The Kier molecular flexibility index (Phi) is 4.48. The Labute approximate surface area is 107 Å². The monoisotopic (exact) mass is 249 g/mol. The van der Waals surface area contributed by atoms with Gasteiger partial charge in [-0.2, -0.15) is 0 Å². The van der Waals surface area contributed by atoms with Crippen molar-refractivity contribution in [1.82, 2.24) is 5.32 Å². The molecule has 0 aliphatic carbocycles. The summed E-state index contributed by atoms with van der Waals surface area (Å²) in [5.41, 5.74) is 0.129. The van der Waals surface area contributed by atoms with Crippen LogP contribution in [0.2, 0.25) is 0 Å². The number of hydrogen-bond acceptors (Lipinski definition) is 3. The molecule has 0 heterocycles. The molecule has 1 aromatic carbocycles. The molecule has 0 bridgehead atoms. The van der Waals surface area contributed by atoms with Gasteiger partial charge in [-0.1, -0.05) is 30.3 Å². The van der Waals surface area contributed by atoms with E-state index in [0.717, 1.165) is 0 Å². The van der Waals surface area contributed by atoms with Crippen molar-refractivity contribution in [2.45, 2.75) is 39.3 Å². The number of nitrogens with one attached hydrogen (secondary N) is 1. The fourth-order valence-corrected chi connectivity index (χ4v) is 1.49. The van der Waals surface area contributed by atoms with Gasteiger partial charge in [0.2, 0.25) is 5.91 Å². The normalized spacial score (nSPS) is 12.7. The Morgan fingerprint density at radius 3 is 2.17 bits per heavy atom. The molecule has 0 saturated heterocycles. The van der Waals surface area contributed by atoms with Crippen molar-refractivity contribution in [2.24, 2.45) is 0 Å². The maximum absolute atomic E-state index is 12.1. The highest BCUT2D eigenvalue weighted by atomic mass is 16.6. The summed E-state index contributed by atoms with van der Waals surface area (Å²) in [6.07, 6.45) is 0. The quantitative estimate of drug-likeness (QED) is 0.835. The highest BCUT2D eigenvalue weighted by Crippen LogP contribution is 2.18. The smallest absolute Gasteiger partial charge is 0.333 e. The van der Waals surface area contributed by atoms with Gasteiger partial charge in [0.05, 0.1) is 0 Å². The van der Waals surface area contributed by atoms with Crippen molar-refractivity contribution < 1.29 is 14.3 Å². The Morgan fingerprint density at radius 2 is 1.72 bits per heavy atom. The molecule has 1 atom stereocenters. The fourth-order valence-electron chi connectivity index (χ4n) is 1.49. The lowest BCUT2D eigenvalue weighted by atomic mass is 10.1. The summed E-state index contributed by atoms with van der Waals surface area (Å²) in [6.45, 7) is 6.75. The number of carbonyl (C=O) groups excluding carboxylic acids is 2. The molecule has 4 nitrogen and oxygen atoms in total. The van der Waals surface area contributed by atoms with E-state index in [1.165, 1.54) is 6.92 Å². The number of esters is 1. The van der Waals surface area contributed by atoms with E-state index in [9.17, 15) is 9.59 Å². The Balaban J connectivity index is 2.92. The fraction of sp³-hybridized carbons (Fsp3) is 0.429.